The van der Waals surface area contributed by atoms with Gasteiger partial charge in [0, 0.05) is 17.4 Å². The Bertz CT molecular complexity index is 740. The molecule has 1 aromatic heterocycles. The molecule has 2 N–H and O–H groups in total. The van der Waals surface area contributed by atoms with E-state index in [1.54, 1.807) is 0 Å². The largest absolute Gasteiger partial charge is 0.480 e. The Hall–Kier alpha value is -1.82. The number of fused-ring (bicyclic) bond motifs is 1. The van der Waals surface area contributed by atoms with E-state index in [1.807, 2.05) is 31.2 Å². The number of carbonyl (C=O) groups is 2. The number of piperidine rings is 1. The minimum absolute atomic E-state index is 0.262. The van der Waals surface area contributed by atoms with E-state index in [1.165, 1.54) is 4.90 Å². The molecular weight excluding hydrogens is 348 g/mol. The van der Waals surface area contributed by atoms with E-state index >= 15 is 0 Å². The average Bonchev–Trinajstić information content (AvgIpc) is 2.84. The van der Waals surface area contributed by atoms with E-state index in [2.05, 4.69) is 20.9 Å². The number of nitrogens with zero attached hydrogens (tertiary/aromatic N) is 1. The van der Waals surface area contributed by atoms with Gasteiger partial charge >= 0.3 is 5.97 Å². The Balaban J connectivity index is 1.97. The second-order valence-electron chi connectivity index (χ2n) is 5.84. The van der Waals surface area contributed by atoms with E-state index in [0.717, 1.165) is 17.3 Å². The van der Waals surface area contributed by atoms with Gasteiger partial charge in [0.1, 0.15) is 11.7 Å². The van der Waals surface area contributed by atoms with E-state index in [4.69, 9.17) is 0 Å². The first-order valence-corrected chi connectivity index (χ1v) is 8.08. The molecule has 3 rings (SSSR count). The van der Waals surface area contributed by atoms with E-state index < -0.39 is 12.0 Å². The highest BCUT2D eigenvalue weighted by Gasteiger charge is 2.36. The number of aliphatic carboxylic acids is 1. The van der Waals surface area contributed by atoms with Crippen LogP contribution in [0.3, 0.4) is 0 Å². The standard InChI is InChI=1S/C16H17BrN2O3/c1-9-6-7-19(12(8-9)16(21)22)15(20)14-13(17)10-4-2-3-5-11(10)18-14/h2-5,9,12,18H,6-8H2,1H3,(H,21,22). The van der Waals surface area contributed by atoms with Gasteiger partial charge in [-0.3, -0.25) is 4.79 Å². The smallest absolute Gasteiger partial charge is 0.326 e. The molecule has 0 bridgehead atoms. The number of hydrogen-bond donors (Lipinski definition) is 2. The zero-order valence-electron chi connectivity index (χ0n) is 12.2. The maximum Gasteiger partial charge on any atom is 0.326 e. The van der Waals surface area contributed by atoms with Gasteiger partial charge < -0.3 is 15.0 Å². The monoisotopic (exact) mass is 364 g/mol. The second kappa shape index (κ2) is 5.76. The fraction of sp³-hybridized carbons (Fsp3) is 0.375. The summed E-state index contributed by atoms with van der Waals surface area (Å²) < 4.78 is 0.691. The fourth-order valence-corrected chi connectivity index (χ4v) is 3.63. The Morgan fingerprint density at radius 3 is 2.77 bits per heavy atom. The number of likely N-dealkylation sites (tertiary alicyclic amines) is 1. The number of halogens is 1. The van der Waals surface area contributed by atoms with Crippen LogP contribution in [0.25, 0.3) is 10.9 Å². The normalized spacial score (nSPS) is 22.0. The molecule has 22 heavy (non-hydrogen) atoms. The summed E-state index contributed by atoms with van der Waals surface area (Å²) in [6.45, 7) is 2.50. The van der Waals surface area contributed by atoms with Crippen molar-refractivity contribution in [2.24, 2.45) is 5.92 Å². The van der Waals surface area contributed by atoms with Crippen molar-refractivity contribution in [2.75, 3.05) is 6.54 Å². The van der Waals surface area contributed by atoms with Gasteiger partial charge in [-0.2, -0.15) is 0 Å². The number of hydrogen-bond acceptors (Lipinski definition) is 2. The predicted molar refractivity (Wildman–Crippen MR) is 86.9 cm³/mol. The molecule has 116 valence electrons. The summed E-state index contributed by atoms with van der Waals surface area (Å²) in [6.07, 6.45) is 1.33. The third kappa shape index (κ3) is 2.52. The second-order valence-corrected chi connectivity index (χ2v) is 6.63. The minimum atomic E-state index is -0.938. The highest BCUT2D eigenvalue weighted by molar-refractivity contribution is 9.10. The van der Waals surface area contributed by atoms with Gasteiger partial charge in [-0.15, -0.1) is 0 Å². The molecule has 1 fully saturated rings. The van der Waals surface area contributed by atoms with Crippen molar-refractivity contribution in [2.45, 2.75) is 25.8 Å². The molecule has 0 aliphatic carbocycles. The lowest BCUT2D eigenvalue weighted by Gasteiger charge is -2.35. The van der Waals surface area contributed by atoms with Crippen molar-refractivity contribution in [1.82, 2.24) is 9.88 Å². The molecule has 0 saturated carbocycles. The van der Waals surface area contributed by atoms with Crippen LogP contribution in [0.4, 0.5) is 0 Å². The predicted octanol–water partition coefficient (Wildman–Crippen LogP) is 3.26. The highest BCUT2D eigenvalue weighted by Crippen LogP contribution is 2.31. The molecule has 0 radical (unpaired) electrons. The molecule has 1 saturated heterocycles. The molecule has 2 atom stereocenters. The average molecular weight is 365 g/mol. The number of rotatable bonds is 2. The molecule has 1 aliphatic heterocycles. The summed E-state index contributed by atoms with van der Waals surface area (Å²) in [4.78, 5) is 28.9. The summed E-state index contributed by atoms with van der Waals surface area (Å²) in [5.74, 6) is -0.884. The highest BCUT2D eigenvalue weighted by atomic mass is 79.9. The lowest BCUT2D eigenvalue weighted by Crippen LogP contribution is -2.49. The quantitative estimate of drug-likeness (QED) is 0.858. The summed E-state index contributed by atoms with van der Waals surface area (Å²) in [6, 6.07) is 6.85. The van der Waals surface area contributed by atoms with Crippen molar-refractivity contribution >= 4 is 38.7 Å². The van der Waals surface area contributed by atoms with Crippen LogP contribution in [0.15, 0.2) is 28.7 Å². The summed E-state index contributed by atoms with van der Waals surface area (Å²) in [5.41, 5.74) is 1.27. The fourth-order valence-electron chi connectivity index (χ4n) is 3.02. The first kappa shape index (κ1) is 15.1. The molecule has 1 amide bonds. The van der Waals surface area contributed by atoms with Crippen molar-refractivity contribution in [3.63, 3.8) is 0 Å². The van der Waals surface area contributed by atoms with Gasteiger partial charge in [0.15, 0.2) is 0 Å². The number of carbonyl (C=O) groups excluding carboxylic acids is 1. The molecule has 1 aliphatic rings. The van der Waals surface area contributed by atoms with Gasteiger partial charge in [0.25, 0.3) is 5.91 Å². The van der Waals surface area contributed by atoms with Crippen LogP contribution >= 0.6 is 15.9 Å². The van der Waals surface area contributed by atoms with Crippen LogP contribution in [0.1, 0.15) is 30.3 Å². The molecule has 5 nitrogen and oxygen atoms in total. The van der Waals surface area contributed by atoms with E-state index in [9.17, 15) is 14.7 Å². The number of aromatic amines is 1. The maximum absolute atomic E-state index is 12.8. The first-order chi connectivity index (χ1) is 10.5. The van der Waals surface area contributed by atoms with Crippen LogP contribution in [0.2, 0.25) is 0 Å². The van der Waals surface area contributed by atoms with Gasteiger partial charge in [-0.25, -0.2) is 4.79 Å². The number of benzene rings is 1. The van der Waals surface area contributed by atoms with Crippen molar-refractivity contribution in [1.29, 1.82) is 0 Å². The first-order valence-electron chi connectivity index (χ1n) is 7.29. The topological polar surface area (TPSA) is 73.4 Å². The van der Waals surface area contributed by atoms with Crippen molar-refractivity contribution in [3.05, 3.63) is 34.4 Å². The molecule has 2 heterocycles. The number of carboxylic acid groups (broad SMARTS) is 1. The Morgan fingerprint density at radius 2 is 2.09 bits per heavy atom. The van der Waals surface area contributed by atoms with Crippen LogP contribution in [-0.4, -0.2) is 39.5 Å². The lowest BCUT2D eigenvalue weighted by molar-refractivity contribution is -0.144. The SMILES string of the molecule is CC1CCN(C(=O)c2[nH]c3ccccc3c2Br)C(C(=O)O)C1. The number of aromatic nitrogens is 1. The number of H-pyrrole nitrogens is 1. The third-order valence-electron chi connectivity index (χ3n) is 4.27. The number of para-hydroxylation sites is 1. The Kier molecular flexibility index (Phi) is 3.95. The van der Waals surface area contributed by atoms with Gasteiger partial charge in [-0.05, 0) is 40.8 Å². The third-order valence-corrected chi connectivity index (χ3v) is 5.09. The zero-order chi connectivity index (χ0) is 15.9. The molecular formula is C16H17BrN2O3. The molecule has 2 aromatic rings. The van der Waals surface area contributed by atoms with Crippen molar-refractivity contribution < 1.29 is 14.7 Å². The summed E-state index contributed by atoms with van der Waals surface area (Å²) >= 11 is 3.46. The number of amides is 1. The molecule has 0 spiro atoms. The molecule has 2 unspecified atom stereocenters. The maximum atomic E-state index is 12.8. The van der Waals surface area contributed by atoms with Crippen molar-refractivity contribution in [3.8, 4) is 0 Å². The summed E-state index contributed by atoms with van der Waals surface area (Å²) in [7, 11) is 0. The van der Waals surface area contributed by atoms with Crippen LogP contribution in [0.5, 0.6) is 0 Å². The van der Waals surface area contributed by atoms with Crippen LogP contribution < -0.4 is 0 Å². The number of carboxylic acids is 1. The number of nitrogens with one attached hydrogen (secondary N) is 1. The zero-order valence-corrected chi connectivity index (χ0v) is 13.8. The molecule has 6 heteroatoms. The molecule has 1 aromatic carbocycles. The van der Waals surface area contributed by atoms with Crippen LogP contribution in [0, 0.1) is 5.92 Å². The lowest BCUT2D eigenvalue weighted by atomic mass is 9.92. The van der Waals surface area contributed by atoms with Gasteiger partial charge in [0.05, 0.1) is 4.47 Å². The van der Waals surface area contributed by atoms with E-state index in [-0.39, 0.29) is 5.91 Å². The Morgan fingerprint density at radius 1 is 1.36 bits per heavy atom. The minimum Gasteiger partial charge on any atom is -0.480 e. The van der Waals surface area contributed by atoms with Crippen LogP contribution in [-0.2, 0) is 4.79 Å². The van der Waals surface area contributed by atoms with Gasteiger partial charge in [0.2, 0.25) is 0 Å². The van der Waals surface area contributed by atoms with E-state index in [0.29, 0.717) is 29.1 Å². The van der Waals surface area contributed by atoms with Gasteiger partial charge in [-0.1, -0.05) is 25.1 Å². The Labute approximate surface area is 136 Å². The summed E-state index contributed by atoms with van der Waals surface area (Å²) in [5, 5.41) is 10.3.